The Hall–Kier alpha value is -3.65. The van der Waals surface area contributed by atoms with Crippen LogP contribution in [0.5, 0.6) is 11.5 Å². The summed E-state index contributed by atoms with van der Waals surface area (Å²) >= 11 is 0. The van der Waals surface area contributed by atoms with E-state index in [1.54, 1.807) is 12.4 Å². The highest BCUT2D eigenvalue weighted by Crippen LogP contribution is 2.43. The number of piperidine rings is 1. The van der Waals surface area contributed by atoms with E-state index in [0.29, 0.717) is 35.9 Å². The van der Waals surface area contributed by atoms with E-state index in [9.17, 15) is 9.90 Å². The van der Waals surface area contributed by atoms with Crippen LogP contribution in [0.4, 0.5) is 5.69 Å². The summed E-state index contributed by atoms with van der Waals surface area (Å²) in [6, 6.07) is 11.7. The Bertz CT molecular complexity index is 1320. The van der Waals surface area contributed by atoms with Crippen molar-refractivity contribution in [2.24, 2.45) is 5.41 Å². The van der Waals surface area contributed by atoms with Crippen molar-refractivity contribution in [3.05, 3.63) is 65.6 Å². The molecule has 1 aliphatic rings. The zero-order chi connectivity index (χ0) is 29.8. The van der Waals surface area contributed by atoms with Gasteiger partial charge in [0.05, 0.1) is 23.2 Å². The van der Waals surface area contributed by atoms with Crippen LogP contribution in [-0.2, 0) is 9.53 Å². The number of hydrogen-bond donors (Lipinski definition) is 1. The zero-order valence-electron chi connectivity index (χ0n) is 25.4. The highest BCUT2D eigenvalue weighted by molar-refractivity contribution is 5.85. The van der Waals surface area contributed by atoms with Gasteiger partial charge in [0.15, 0.2) is 6.10 Å². The monoisotopic (exact) mass is 561 g/mol. The van der Waals surface area contributed by atoms with Gasteiger partial charge in [-0.25, -0.2) is 4.79 Å². The molecule has 0 aliphatic carbocycles. The topological polar surface area (TPSA) is 94.0 Å². The average molecular weight is 562 g/mol. The van der Waals surface area contributed by atoms with Gasteiger partial charge in [0.1, 0.15) is 24.7 Å². The predicted molar refractivity (Wildman–Crippen MR) is 161 cm³/mol. The third-order valence-corrected chi connectivity index (χ3v) is 7.33. The molecule has 1 fully saturated rings. The number of rotatable bonds is 10. The van der Waals surface area contributed by atoms with Gasteiger partial charge >= 0.3 is 5.97 Å². The van der Waals surface area contributed by atoms with Crippen LogP contribution in [0.25, 0.3) is 11.3 Å². The molecular weight excluding hydrogens is 518 g/mol. The van der Waals surface area contributed by atoms with E-state index in [1.165, 1.54) is 5.56 Å². The molecule has 1 N–H and O–H groups in total. The molecule has 0 spiro atoms. The number of anilines is 1. The summed E-state index contributed by atoms with van der Waals surface area (Å²) in [7, 11) is 0. The lowest BCUT2D eigenvalue weighted by molar-refractivity contribution is -0.160. The number of hydrogen-bond acceptors (Lipinski definition) is 7. The van der Waals surface area contributed by atoms with Gasteiger partial charge in [-0.1, -0.05) is 31.5 Å². The third kappa shape index (κ3) is 7.97. The van der Waals surface area contributed by atoms with Gasteiger partial charge in [-0.05, 0) is 77.1 Å². The van der Waals surface area contributed by atoms with Crippen molar-refractivity contribution in [2.75, 3.05) is 31.2 Å². The second-order valence-electron chi connectivity index (χ2n) is 12.5. The molecule has 8 nitrogen and oxygen atoms in total. The highest BCUT2D eigenvalue weighted by atomic mass is 16.5. The fraction of sp³-hybridized carbons (Fsp3) is 0.485. The van der Waals surface area contributed by atoms with Crippen LogP contribution in [0.1, 0.15) is 70.4 Å². The molecule has 1 saturated heterocycles. The molecular formula is C33H43N3O5. The van der Waals surface area contributed by atoms with E-state index < -0.39 is 17.7 Å². The van der Waals surface area contributed by atoms with Gasteiger partial charge in [-0.15, -0.1) is 0 Å². The Morgan fingerprint density at radius 1 is 0.951 bits per heavy atom. The molecule has 0 saturated carbocycles. The first-order valence-electron chi connectivity index (χ1n) is 14.3. The van der Waals surface area contributed by atoms with Gasteiger partial charge in [0, 0.05) is 36.1 Å². The maximum Gasteiger partial charge on any atom is 0.337 e. The Balaban J connectivity index is 1.61. The number of pyridine rings is 2. The zero-order valence-corrected chi connectivity index (χ0v) is 25.4. The molecule has 2 aromatic heterocycles. The lowest BCUT2D eigenvalue weighted by Crippen LogP contribution is -2.39. The van der Waals surface area contributed by atoms with Crippen molar-refractivity contribution in [3.63, 3.8) is 0 Å². The van der Waals surface area contributed by atoms with Crippen molar-refractivity contribution in [1.29, 1.82) is 0 Å². The molecule has 1 aromatic carbocycles. The molecule has 3 aromatic rings. The van der Waals surface area contributed by atoms with Gasteiger partial charge < -0.3 is 24.2 Å². The van der Waals surface area contributed by atoms with E-state index in [2.05, 4.69) is 23.7 Å². The van der Waals surface area contributed by atoms with Crippen LogP contribution in [0, 0.1) is 19.3 Å². The van der Waals surface area contributed by atoms with Gasteiger partial charge in [0.25, 0.3) is 0 Å². The van der Waals surface area contributed by atoms with Crippen molar-refractivity contribution >= 4 is 11.7 Å². The maximum atomic E-state index is 12.6. The summed E-state index contributed by atoms with van der Waals surface area (Å²) < 4.78 is 17.7. The van der Waals surface area contributed by atoms with Crippen LogP contribution in [0.3, 0.4) is 0 Å². The first-order valence-corrected chi connectivity index (χ1v) is 14.3. The smallest absolute Gasteiger partial charge is 0.337 e. The molecule has 8 heteroatoms. The Labute approximate surface area is 243 Å². The molecule has 0 amide bonds. The maximum absolute atomic E-state index is 12.6. The van der Waals surface area contributed by atoms with Gasteiger partial charge in [0.2, 0.25) is 0 Å². The minimum absolute atomic E-state index is 0.230. The van der Waals surface area contributed by atoms with Crippen LogP contribution in [0.2, 0.25) is 0 Å². The van der Waals surface area contributed by atoms with Crippen LogP contribution in [0.15, 0.2) is 48.8 Å². The van der Waals surface area contributed by atoms with E-state index in [-0.39, 0.29) is 5.41 Å². The summed E-state index contributed by atoms with van der Waals surface area (Å²) in [5.74, 6) is 0.395. The highest BCUT2D eigenvalue weighted by Gasteiger charge is 2.36. The lowest BCUT2D eigenvalue weighted by atomic mass is 9.82. The second kappa shape index (κ2) is 12.5. The first kappa shape index (κ1) is 30.3. The summed E-state index contributed by atoms with van der Waals surface area (Å²) in [5, 5.41) is 10.3. The number of carbonyl (C=O) groups is 1. The van der Waals surface area contributed by atoms with Crippen molar-refractivity contribution in [3.8, 4) is 22.8 Å². The van der Waals surface area contributed by atoms with Crippen molar-refractivity contribution < 1.29 is 24.1 Å². The Kier molecular flexibility index (Phi) is 9.22. The van der Waals surface area contributed by atoms with E-state index in [4.69, 9.17) is 19.2 Å². The van der Waals surface area contributed by atoms with Gasteiger partial charge in [-0.3, -0.25) is 9.97 Å². The number of aliphatic carboxylic acids is 1. The largest absolute Gasteiger partial charge is 0.490 e. The molecule has 0 unspecified atom stereocenters. The molecule has 41 heavy (non-hydrogen) atoms. The SMILES string of the molecule is Cc1ccc(OCCOc2ccc(-c3cnc(C)c([C@H](OC(C)(C)C)C(=O)O)c3N3CCC(C)(C)CC3)nc2)cc1. The number of carboxylic acids is 1. The molecule has 4 rings (SSSR count). The molecule has 1 aliphatic heterocycles. The standard InChI is InChI=1S/C33H43N3O5/c1-22-8-10-24(11-9-22)39-18-19-40-25-12-13-27(35-20-25)26-21-34-23(2)28(30(31(37)38)41-32(3,4)5)29(26)36-16-14-33(6,7)15-17-36/h8-13,20-21,30H,14-19H2,1-7H3,(H,37,38)/t30-/m0/s1. The van der Waals surface area contributed by atoms with Crippen molar-refractivity contribution in [2.45, 2.75) is 73.0 Å². The number of carboxylic acid groups (broad SMARTS) is 1. The van der Waals surface area contributed by atoms with Crippen LogP contribution < -0.4 is 14.4 Å². The second-order valence-corrected chi connectivity index (χ2v) is 12.5. The fourth-order valence-corrected chi connectivity index (χ4v) is 4.95. The molecule has 0 bridgehead atoms. The lowest BCUT2D eigenvalue weighted by Gasteiger charge is -2.40. The van der Waals surface area contributed by atoms with Gasteiger partial charge in [-0.2, -0.15) is 0 Å². The number of aryl methyl sites for hydroxylation is 2. The van der Waals surface area contributed by atoms with Crippen LogP contribution >= 0.6 is 0 Å². The summed E-state index contributed by atoms with van der Waals surface area (Å²) in [5.41, 5.74) is 4.28. The molecule has 1 atom stereocenters. The van der Waals surface area contributed by atoms with E-state index >= 15 is 0 Å². The normalized spacial score (nSPS) is 15.8. The fourth-order valence-electron chi connectivity index (χ4n) is 4.95. The van der Waals surface area contributed by atoms with Crippen molar-refractivity contribution in [1.82, 2.24) is 9.97 Å². The number of nitrogens with zero attached hydrogens (tertiary/aromatic N) is 3. The predicted octanol–water partition coefficient (Wildman–Crippen LogP) is 6.79. The summed E-state index contributed by atoms with van der Waals surface area (Å²) in [4.78, 5) is 24.2. The van der Waals surface area contributed by atoms with E-state index in [0.717, 1.165) is 42.9 Å². The minimum Gasteiger partial charge on any atom is -0.490 e. The number of benzene rings is 1. The molecule has 220 valence electrons. The number of ether oxygens (including phenoxy) is 3. The number of aromatic nitrogens is 2. The van der Waals surface area contributed by atoms with Crippen LogP contribution in [-0.4, -0.2) is 52.9 Å². The Morgan fingerprint density at radius 2 is 1.56 bits per heavy atom. The minimum atomic E-state index is -1.16. The summed E-state index contributed by atoms with van der Waals surface area (Å²) in [6.45, 7) is 16.4. The molecule has 0 radical (unpaired) electrons. The molecule has 3 heterocycles. The Morgan fingerprint density at radius 3 is 2.12 bits per heavy atom. The first-order chi connectivity index (χ1) is 19.3. The van der Waals surface area contributed by atoms with E-state index in [1.807, 2.05) is 71.0 Å². The third-order valence-electron chi connectivity index (χ3n) is 7.33. The summed E-state index contributed by atoms with van der Waals surface area (Å²) in [6.07, 6.45) is 4.31. The quantitative estimate of drug-likeness (QED) is 0.271. The average Bonchev–Trinajstić information content (AvgIpc) is 2.91.